The van der Waals surface area contributed by atoms with Gasteiger partial charge in [-0.25, -0.2) is 8.42 Å². The minimum atomic E-state index is -3.01. The molecule has 0 spiro atoms. The maximum Gasteiger partial charge on any atom is 0.156 e. The topological polar surface area (TPSA) is 69.4 Å². The van der Waals surface area contributed by atoms with Gasteiger partial charge >= 0.3 is 0 Å². The second-order valence-electron chi connectivity index (χ2n) is 5.22. The highest BCUT2D eigenvalue weighted by Gasteiger charge is 2.40. The molecule has 0 aromatic carbocycles. The van der Waals surface area contributed by atoms with Gasteiger partial charge in [0.25, 0.3) is 0 Å². The van der Waals surface area contributed by atoms with E-state index in [1.165, 1.54) is 0 Å². The van der Waals surface area contributed by atoms with Crippen molar-refractivity contribution in [3.8, 4) is 0 Å². The third-order valence-corrected chi connectivity index (χ3v) is 7.06. The monoisotopic (exact) mass is 261 g/mol. The van der Waals surface area contributed by atoms with Crippen molar-refractivity contribution in [3.05, 3.63) is 0 Å². The van der Waals surface area contributed by atoms with E-state index in [-0.39, 0.29) is 16.4 Å². The lowest BCUT2D eigenvalue weighted by Crippen LogP contribution is -2.43. The summed E-state index contributed by atoms with van der Waals surface area (Å²) in [5.74, 6) is 0.177. The van der Waals surface area contributed by atoms with E-state index in [0.717, 1.165) is 25.7 Å². The summed E-state index contributed by atoms with van der Waals surface area (Å²) >= 11 is 0. The molecule has 0 radical (unpaired) electrons. The molecule has 2 unspecified atom stereocenters. The lowest BCUT2D eigenvalue weighted by molar-refractivity contribution is 0.0979. The van der Waals surface area contributed by atoms with Crippen molar-refractivity contribution in [2.75, 3.05) is 19.8 Å². The molecule has 1 aliphatic heterocycles. The van der Waals surface area contributed by atoms with Crippen LogP contribution in [0.4, 0.5) is 0 Å². The van der Waals surface area contributed by atoms with Crippen molar-refractivity contribution >= 4 is 9.84 Å². The quantitative estimate of drug-likeness (QED) is 0.826. The third kappa shape index (κ3) is 2.83. The lowest BCUT2D eigenvalue weighted by atomic mass is 9.89. The fourth-order valence-corrected chi connectivity index (χ4v) is 5.75. The van der Waals surface area contributed by atoms with Gasteiger partial charge in [-0.05, 0) is 38.1 Å². The summed E-state index contributed by atoms with van der Waals surface area (Å²) in [5, 5.41) is -0.377. The van der Waals surface area contributed by atoms with E-state index in [4.69, 9.17) is 10.5 Å². The first-order valence-corrected chi connectivity index (χ1v) is 8.27. The second kappa shape index (κ2) is 5.67. The highest BCUT2D eigenvalue weighted by Crippen LogP contribution is 2.33. The fourth-order valence-electron chi connectivity index (χ4n) is 3.13. The van der Waals surface area contributed by atoms with E-state index >= 15 is 0 Å². The van der Waals surface area contributed by atoms with Crippen LogP contribution in [0, 0.1) is 5.92 Å². The molecule has 1 saturated heterocycles. The Balaban J connectivity index is 2.11. The van der Waals surface area contributed by atoms with Crippen LogP contribution < -0.4 is 5.73 Å². The molecule has 5 heteroatoms. The van der Waals surface area contributed by atoms with Crippen LogP contribution in [-0.2, 0) is 14.6 Å². The van der Waals surface area contributed by atoms with Crippen molar-refractivity contribution in [2.24, 2.45) is 11.7 Å². The van der Waals surface area contributed by atoms with Gasteiger partial charge in [-0.3, -0.25) is 0 Å². The molecule has 17 heavy (non-hydrogen) atoms. The van der Waals surface area contributed by atoms with Crippen molar-refractivity contribution < 1.29 is 13.2 Å². The molecule has 2 fully saturated rings. The number of sulfone groups is 1. The predicted octanol–water partition coefficient (Wildman–Crippen LogP) is 1.10. The Bertz CT molecular complexity index is 336. The normalized spacial score (nSPS) is 32.5. The highest BCUT2D eigenvalue weighted by molar-refractivity contribution is 7.92. The Morgan fingerprint density at radius 3 is 2.35 bits per heavy atom. The minimum absolute atomic E-state index is 0.177. The highest BCUT2D eigenvalue weighted by atomic mass is 32.2. The Morgan fingerprint density at radius 2 is 1.71 bits per heavy atom. The summed E-state index contributed by atoms with van der Waals surface area (Å²) in [6, 6.07) is 0. The summed E-state index contributed by atoms with van der Waals surface area (Å²) in [7, 11) is -3.01. The maximum absolute atomic E-state index is 12.6. The van der Waals surface area contributed by atoms with Crippen molar-refractivity contribution in [1.82, 2.24) is 0 Å². The SMILES string of the molecule is NCC1CCCCC1S(=O)(=O)C1CCOCC1. The molecular formula is C12H23NO3S. The molecule has 1 saturated carbocycles. The van der Waals surface area contributed by atoms with Gasteiger partial charge in [0.1, 0.15) is 0 Å². The summed E-state index contributed by atoms with van der Waals surface area (Å²) in [6.45, 7) is 1.68. The van der Waals surface area contributed by atoms with Crippen molar-refractivity contribution in [3.63, 3.8) is 0 Å². The van der Waals surface area contributed by atoms with Gasteiger partial charge in [0.05, 0.1) is 10.5 Å². The Hall–Kier alpha value is -0.130. The first kappa shape index (κ1) is 13.3. The van der Waals surface area contributed by atoms with Crippen LogP contribution in [0.3, 0.4) is 0 Å². The van der Waals surface area contributed by atoms with Crippen LogP contribution in [0.5, 0.6) is 0 Å². The predicted molar refractivity (Wildman–Crippen MR) is 67.6 cm³/mol. The number of ether oxygens (including phenoxy) is 1. The number of nitrogens with two attached hydrogens (primary N) is 1. The molecular weight excluding hydrogens is 238 g/mol. The molecule has 2 aliphatic rings. The van der Waals surface area contributed by atoms with Gasteiger partial charge < -0.3 is 10.5 Å². The fraction of sp³-hybridized carbons (Fsp3) is 1.00. The van der Waals surface area contributed by atoms with E-state index in [1.807, 2.05) is 0 Å². The average Bonchev–Trinajstić information content (AvgIpc) is 2.39. The van der Waals surface area contributed by atoms with Crippen LogP contribution >= 0.6 is 0 Å². The minimum Gasteiger partial charge on any atom is -0.381 e. The van der Waals surface area contributed by atoms with E-state index in [1.54, 1.807) is 0 Å². The van der Waals surface area contributed by atoms with Gasteiger partial charge in [0.15, 0.2) is 9.84 Å². The van der Waals surface area contributed by atoms with Crippen LogP contribution in [0.1, 0.15) is 38.5 Å². The van der Waals surface area contributed by atoms with E-state index in [9.17, 15) is 8.42 Å². The molecule has 0 aromatic heterocycles. The number of hydrogen-bond acceptors (Lipinski definition) is 4. The lowest BCUT2D eigenvalue weighted by Gasteiger charge is -2.34. The van der Waals surface area contributed by atoms with Gasteiger partial charge in [-0.2, -0.15) is 0 Å². The molecule has 2 atom stereocenters. The maximum atomic E-state index is 12.6. The Morgan fingerprint density at radius 1 is 1.06 bits per heavy atom. The molecule has 1 heterocycles. The zero-order valence-electron chi connectivity index (χ0n) is 10.3. The van der Waals surface area contributed by atoms with Crippen LogP contribution in [0.2, 0.25) is 0 Å². The Kier molecular flexibility index (Phi) is 4.44. The molecule has 0 amide bonds. The molecule has 4 nitrogen and oxygen atoms in total. The molecule has 2 N–H and O–H groups in total. The number of rotatable bonds is 3. The van der Waals surface area contributed by atoms with E-state index < -0.39 is 9.84 Å². The zero-order valence-corrected chi connectivity index (χ0v) is 11.1. The molecule has 0 aromatic rings. The molecule has 2 rings (SSSR count). The molecule has 100 valence electrons. The van der Waals surface area contributed by atoms with Crippen molar-refractivity contribution in [1.29, 1.82) is 0 Å². The number of hydrogen-bond donors (Lipinski definition) is 1. The molecule has 1 aliphatic carbocycles. The average molecular weight is 261 g/mol. The van der Waals surface area contributed by atoms with Gasteiger partial charge in [0.2, 0.25) is 0 Å². The third-order valence-electron chi connectivity index (χ3n) is 4.20. The van der Waals surface area contributed by atoms with Gasteiger partial charge in [0, 0.05) is 13.2 Å². The molecule has 0 bridgehead atoms. The van der Waals surface area contributed by atoms with Gasteiger partial charge in [-0.1, -0.05) is 12.8 Å². The first-order chi connectivity index (χ1) is 8.16. The van der Waals surface area contributed by atoms with Crippen LogP contribution in [0.15, 0.2) is 0 Å². The smallest absolute Gasteiger partial charge is 0.156 e. The van der Waals surface area contributed by atoms with Crippen LogP contribution in [-0.4, -0.2) is 38.7 Å². The van der Waals surface area contributed by atoms with Crippen molar-refractivity contribution in [2.45, 2.75) is 49.0 Å². The second-order valence-corrected chi connectivity index (χ2v) is 7.67. The summed E-state index contributed by atoms with van der Waals surface area (Å²) in [4.78, 5) is 0. The standard InChI is InChI=1S/C12H23NO3S/c13-9-10-3-1-2-4-12(10)17(14,15)11-5-7-16-8-6-11/h10-12H,1-9,13H2. The summed E-state index contributed by atoms with van der Waals surface area (Å²) in [6.07, 6.45) is 5.27. The largest absolute Gasteiger partial charge is 0.381 e. The summed E-state index contributed by atoms with van der Waals surface area (Å²) < 4.78 is 30.4. The van der Waals surface area contributed by atoms with Crippen LogP contribution in [0.25, 0.3) is 0 Å². The Labute approximate surface area is 104 Å². The zero-order chi connectivity index (χ0) is 12.3. The summed E-state index contributed by atoms with van der Waals surface area (Å²) in [5.41, 5.74) is 5.73. The first-order valence-electron chi connectivity index (χ1n) is 6.66. The van der Waals surface area contributed by atoms with E-state index in [2.05, 4.69) is 0 Å². The van der Waals surface area contributed by atoms with E-state index in [0.29, 0.717) is 32.6 Å². The van der Waals surface area contributed by atoms with Gasteiger partial charge in [-0.15, -0.1) is 0 Å².